The second kappa shape index (κ2) is 11.9. The van der Waals surface area contributed by atoms with Crippen molar-refractivity contribution < 1.29 is 91.2 Å². The second-order valence-corrected chi connectivity index (χ2v) is 14.6. The largest absolute Gasteiger partial charge is 0.506 e. The Bertz CT molecular complexity index is 3690. The Hall–Kier alpha value is -9.32. The van der Waals surface area contributed by atoms with Crippen molar-refractivity contribution in [2.45, 2.75) is 0 Å². The quantitative estimate of drug-likeness (QED) is 0.0343. The van der Waals surface area contributed by atoms with Gasteiger partial charge in [0.2, 0.25) is 34.5 Å². The average molecular weight is 843 g/mol. The Morgan fingerprint density at radius 3 is 1.13 bits per heavy atom. The smallest absolute Gasteiger partial charge is 0.205 e. The first-order chi connectivity index (χ1) is 29.4. The predicted molar refractivity (Wildman–Crippen MR) is 220 cm³/mol. The highest BCUT2D eigenvalue weighted by atomic mass is 16.4. The Labute approximate surface area is 341 Å². The molecule has 0 saturated carbocycles. The van der Waals surface area contributed by atoms with E-state index in [-0.39, 0.29) is 5.56 Å². The summed E-state index contributed by atoms with van der Waals surface area (Å²) in [6.45, 7) is 0. The molecule has 62 heavy (non-hydrogen) atoms. The first-order valence-electron chi connectivity index (χ1n) is 17.9. The van der Waals surface area contributed by atoms with E-state index in [1.165, 1.54) is 18.2 Å². The van der Waals surface area contributed by atoms with Gasteiger partial charge < -0.3 is 91.2 Å². The maximum absolute atomic E-state index is 12.1. The lowest BCUT2D eigenvalue weighted by Crippen LogP contribution is -1.96. The van der Waals surface area contributed by atoms with E-state index >= 15 is 0 Å². The van der Waals surface area contributed by atoms with Crippen LogP contribution in [0.4, 0.5) is 0 Å². The van der Waals surface area contributed by atoms with E-state index in [9.17, 15) is 86.8 Å². The van der Waals surface area contributed by atoms with Crippen molar-refractivity contribution in [3.8, 4) is 120 Å². The SMILES string of the molecule is Oc1c(O)c(O)c2c(-c3c(O)c(O)c4c(c3O)c(O)c(O)c3c(O)c(O)c(O)c(O)c34)c3c(O)c(O)c(O)c(O)c3c(-c3ccc4oc5cc6ccccc6cc5c4c3)c2c1O. The molecule has 10 rings (SSSR count). The number of benzene rings is 9. The van der Waals surface area contributed by atoms with Gasteiger partial charge in [0.1, 0.15) is 16.9 Å². The number of hydrogen-bond donors (Lipinski definition) is 17. The zero-order valence-corrected chi connectivity index (χ0v) is 30.7. The third-order valence-corrected chi connectivity index (χ3v) is 11.4. The van der Waals surface area contributed by atoms with E-state index in [4.69, 9.17) is 4.42 Å². The van der Waals surface area contributed by atoms with Crippen LogP contribution in [0.5, 0.6) is 97.7 Å². The maximum Gasteiger partial charge on any atom is 0.205 e. The van der Waals surface area contributed by atoms with E-state index in [0.717, 1.165) is 10.8 Å². The number of phenols is 17. The summed E-state index contributed by atoms with van der Waals surface area (Å²) >= 11 is 0. The van der Waals surface area contributed by atoms with Crippen LogP contribution in [0.3, 0.4) is 0 Å². The molecule has 0 fully saturated rings. The van der Waals surface area contributed by atoms with E-state index in [2.05, 4.69) is 0 Å². The minimum atomic E-state index is -1.51. The Morgan fingerprint density at radius 1 is 0.258 bits per heavy atom. The lowest BCUT2D eigenvalue weighted by molar-refractivity contribution is 0.349. The molecule has 1 heterocycles. The highest BCUT2D eigenvalue weighted by Crippen LogP contribution is 2.67. The van der Waals surface area contributed by atoms with Crippen LogP contribution >= 0.6 is 0 Å². The fourth-order valence-corrected chi connectivity index (χ4v) is 8.61. The molecule has 0 bridgehead atoms. The lowest BCUT2D eigenvalue weighted by Gasteiger charge is -2.24. The molecule has 0 amide bonds. The van der Waals surface area contributed by atoms with Gasteiger partial charge >= 0.3 is 0 Å². The highest BCUT2D eigenvalue weighted by molar-refractivity contribution is 6.32. The molecule has 0 saturated heterocycles. The van der Waals surface area contributed by atoms with Gasteiger partial charge in [-0.05, 0) is 40.6 Å². The van der Waals surface area contributed by atoms with Gasteiger partial charge in [0.05, 0.1) is 16.3 Å². The molecule has 0 spiro atoms. The van der Waals surface area contributed by atoms with Crippen LogP contribution in [0.25, 0.3) is 98.1 Å². The van der Waals surface area contributed by atoms with E-state index in [1.54, 1.807) is 6.07 Å². The zero-order valence-electron chi connectivity index (χ0n) is 30.7. The minimum Gasteiger partial charge on any atom is -0.506 e. The van der Waals surface area contributed by atoms with Crippen LogP contribution in [0.15, 0.2) is 59.0 Å². The highest BCUT2D eigenvalue weighted by Gasteiger charge is 2.37. The molecule has 9 aromatic carbocycles. The van der Waals surface area contributed by atoms with Crippen molar-refractivity contribution >= 4 is 75.8 Å². The fraction of sp³-hybridized carbons (Fsp3) is 0. The lowest BCUT2D eigenvalue weighted by atomic mass is 9.82. The second-order valence-electron chi connectivity index (χ2n) is 14.6. The molecule has 0 aliphatic carbocycles. The Morgan fingerprint density at radius 2 is 0.629 bits per heavy atom. The molecular weight excluding hydrogens is 816 g/mol. The first-order valence-corrected chi connectivity index (χ1v) is 17.9. The van der Waals surface area contributed by atoms with Crippen molar-refractivity contribution in [2.75, 3.05) is 0 Å². The Kier molecular flexibility index (Phi) is 7.09. The third kappa shape index (κ3) is 4.29. The summed E-state index contributed by atoms with van der Waals surface area (Å²) in [4.78, 5) is 0. The van der Waals surface area contributed by atoms with Crippen molar-refractivity contribution in [1.29, 1.82) is 0 Å². The van der Waals surface area contributed by atoms with Gasteiger partial charge in [0.25, 0.3) is 0 Å². The summed E-state index contributed by atoms with van der Waals surface area (Å²) in [5.74, 6) is -23.6. The summed E-state index contributed by atoms with van der Waals surface area (Å²) in [5.41, 5.74) is -1.93. The molecule has 0 atom stereocenters. The molecule has 18 nitrogen and oxygen atoms in total. The summed E-state index contributed by atoms with van der Waals surface area (Å²) < 4.78 is 6.10. The molecule has 18 heteroatoms. The molecule has 10 aromatic rings. The van der Waals surface area contributed by atoms with Crippen molar-refractivity contribution in [1.82, 2.24) is 0 Å². The van der Waals surface area contributed by atoms with E-state index in [0.29, 0.717) is 21.9 Å². The van der Waals surface area contributed by atoms with E-state index in [1.807, 2.05) is 30.3 Å². The van der Waals surface area contributed by atoms with Crippen molar-refractivity contribution in [3.63, 3.8) is 0 Å². The zero-order chi connectivity index (χ0) is 44.3. The normalized spacial score (nSPS) is 12.0. The summed E-state index contributed by atoms with van der Waals surface area (Å²) in [5, 5.41) is 186. The summed E-state index contributed by atoms with van der Waals surface area (Å²) in [6.07, 6.45) is 0. The monoisotopic (exact) mass is 842 g/mol. The minimum absolute atomic E-state index is 0.0309. The van der Waals surface area contributed by atoms with Crippen LogP contribution in [0.2, 0.25) is 0 Å². The van der Waals surface area contributed by atoms with Crippen molar-refractivity contribution in [2.24, 2.45) is 0 Å². The molecule has 17 N–H and O–H groups in total. The van der Waals surface area contributed by atoms with Gasteiger partial charge in [-0.15, -0.1) is 0 Å². The van der Waals surface area contributed by atoms with Crippen molar-refractivity contribution in [3.05, 3.63) is 54.6 Å². The molecule has 0 unspecified atom stereocenters. The molecular formula is C44H26O18. The number of rotatable bonds is 2. The van der Waals surface area contributed by atoms with Crippen LogP contribution < -0.4 is 0 Å². The molecule has 0 aliphatic heterocycles. The molecule has 310 valence electrons. The third-order valence-electron chi connectivity index (χ3n) is 11.4. The van der Waals surface area contributed by atoms with Gasteiger partial charge in [-0.25, -0.2) is 0 Å². The van der Waals surface area contributed by atoms with Gasteiger partial charge in [-0.3, -0.25) is 0 Å². The van der Waals surface area contributed by atoms with Crippen LogP contribution in [-0.4, -0.2) is 86.8 Å². The molecule has 1 aromatic heterocycles. The fourth-order valence-electron chi connectivity index (χ4n) is 8.61. The van der Waals surface area contributed by atoms with Crippen LogP contribution in [0, 0.1) is 0 Å². The predicted octanol–water partition coefficient (Wildman–Crippen LogP) is 7.68. The first kappa shape index (κ1) is 37.0. The topological polar surface area (TPSA) is 357 Å². The number of hydrogen-bond acceptors (Lipinski definition) is 18. The van der Waals surface area contributed by atoms with Gasteiger partial charge in [-0.2, -0.15) is 0 Å². The van der Waals surface area contributed by atoms with Crippen LogP contribution in [0.1, 0.15) is 0 Å². The maximum atomic E-state index is 12.1. The Balaban J connectivity index is 1.45. The standard InChI is InChI=1S/C44H26O18/c45-28-25(35(52)29(46)23-24-27(37(54)36(53)26(23)28)38(55)44(61)43(60)34(24)51)18-21-19(30(47)39(56)41(58)32(21)49)17(20-22(18)33(50)42(59)40(57)31(20)48)12-5-6-15-13(8-12)14-7-10-3-1-2-4-11(10)9-16(14)62-15/h1-9,45-61H. The number of fused-ring (bicyclic) bond motifs is 9. The molecule has 0 radical (unpaired) electrons. The molecule has 0 aliphatic rings. The van der Waals surface area contributed by atoms with Gasteiger partial charge in [-0.1, -0.05) is 30.3 Å². The van der Waals surface area contributed by atoms with E-state index < -0.39 is 158 Å². The summed E-state index contributed by atoms with van der Waals surface area (Å²) in [6, 6.07) is 15.3. The number of furan rings is 1. The number of phenolic OH excluding ortho intramolecular Hbond substituents is 17. The summed E-state index contributed by atoms with van der Waals surface area (Å²) in [7, 11) is 0. The average Bonchev–Trinajstić information content (AvgIpc) is 3.62. The number of aromatic hydroxyl groups is 17. The van der Waals surface area contributed by atoms with Gasteiger partial charge in [0.15, 0.2) is 57.5 Å². The van der Waals surface area contributed by atoms with Crippen LogP contribution in [-0.2, 0) is 0 Å². The van der Waals surface area contributed by atoms with Gasteiger partial charge in [0, 0.05) is 54.2 Å².